The summed E-state index contributed by atoms with van der Waals surface area (Å²) >= 11 is 0. The van der Waals surface area contributed by atoms with Gasteiger partial charge < -0.3 is 25.6 Å². The van der Waals surface area contributed by atoms with E-state index in [9.17, 15) is 23.1 Å². The second-order valence-electron chi connectivity index (χ2n) is 6.72. The standard InChI is InChI=1S/C22H21N3O7S/c1-31-20-8-3-2-7-17(20)25-33(29,30)16-9-10-19(26)18(12-16)24-22(28)14-5-4-6-15(11-14)32-13-21(23)27/h2-12,25-26H,13H2,1H3,(H2,23,27)(H,24,28). The van der Waals surface area contributed by atoms with Gasteiger partial charge in [0, 0.05) is 5.56 Å². The normalized spacial score (nSPS) is 10.8. The Balaban J connectivity index is 1.82. The van der Waals surface area contributed by atoms with Gasteiger partial charge in [-0.1, -0.05) is 18.2 Å². The summed E-state index contributed by atoms with van der Waals surface area (Å²) in [7, 11) is -2.65. The zero-order valence-electron chi connectivity index (χ0n) is 17.4. The number of amides is 2. The zero-order chi connectivity index (χ0) is 24.0. The van der Waals surface area contributed by atoms with Gasteiger partial charge in [-0.05, 0) is 48.5 Å². The summed E-state index contributed by atoms with van der Waals surface area (Å²) in [6.07, 6.45) is 0. The van der Waals surface area contributed by atoms with Crippen LogP contribution in [-0.2, 0) is 14.8 Å². The number of phenols is 1. The molecule has 3 rings (SSSR count). The van der Waals surface area contributed by atoms with E-state index < -0.39 is 21.8 Å². The highest BCUT2D eigenvalue weighted by Crippen LogP contribution is 2.30. The number of rotatable bonds is 9. The lowest BCUT2D eigenvalue weighted by Gasteiger charge is -2.13. The fourth-order valence-electron chi connectivity index (χ4n) is 2.79. The minimum atomic E-state index is -4.06. The van der Waals surface area contributed by atoms with E-state index >= 15 is 0 Å². The Hall–Kier alpha value is -4.25. The van der Waals surface area contributed by atoms with Gasteiger partial charge >= 0.3 is 0 Å². The monoisotopic (exact) mass is 471 g/mol. The number of benzene rings is 3. The summed E-state index contributed by atoms with van der Waals surface area (Å²) in [5.41, 5.74) is 5.30. The molecule has 0 aliphatic heterocycles. The third-order valence-corrected chi connectivity index (χ3v) is 5.72. The Morgan fingerprint density at radius 2 is 1.76 bits per heavy atom. The second-order valence-corrected chi connectivity index (χ2v) is 8.40. The minimum absolute atomic E-state index is 0.119. The number of nitrogens with two attached hydrogens (primary N) is 1. The number of methoxy groups -OCH3 is 1. The van der Waals surface area contributed by atoms with Crippen molar-refractivity contribution in [3.8, 4) is 17.2 Å². The molecule has 3 aromatic carbocycles. The molecule has 33 heavy (non-hydrogen) atoms. The number of hydrogen-bond donors (Lipinski definition) is 4. The predicted molar refractivity (Wildman–Crippen MR) is 121 cm³/mol. The van der Waals surface area contributed by atoms with Gasteiger partial charge in [-0.2, -0.15) is 0 Å². The summed E-state index contributed by atoms with van der Waals surface area (Å²) in [5, 5.41) is 12.6. The van der Waals surface area contributed by atoms with Gasteiger partial charge in [0.1, 0.15) is 17.2 Å². The lowest BCUT2D eigenvalue weighted by atomic mass is 10.2. The van der Waals surface area contributed by atoms with Crippen LogP contribution in [0.5, 0.6) is 17.2 Å². The second kappa shape index (κ2) is 9.92. The summed E-state index contributed by atoms with van der Waals surface area (Å²) in [6, 6.07) is 15.9. The number of para-hydroxylation sites is 2. The maximum atomic E-state index is 12.8. The van der Waals surface area contributed by atoms with Crippen LogP contribution in [0, 0.1) is 0 Å². The zero-order valence-corrected chi connectivity index (χ0v) is 18.3. The molecule has 0 unspecified atom stereocenters. The number of anilines is 2. The molecule has 5 N–H and O–H groups in total. The van der Waals surface area contributed by atoms with Gasteiger partial charge in [-0.25, -0.2) is 8.42 Å². The van der Waals surface area contributed by atoms with Crippen LogP contribution < -0.4 is 25.2 Å². The molecule has 10 nitrogen and oxygen atoms in total. The van der Waals surface area contributed by atoms with Crippen LogP contribution >= 0.6 is 0 Å². The predicted octanol–water partition coefficient (Wildman–Crippen LogP) is 2.32. The van der Waals surface area contributed by atoms with E-state index in [0.29, 0.717) is 5.75 Å². The Labute approximate surface area is 190 Å². The van der Waals surface area contributed by atoms with Crippen molar-refractivity contribution in [2.75, 3.05) is 23.8 Å². The van der Waals surface area contributed by atoms with Crippen molar-refractivity contribution < 1.29 is 32.6 Å². The summed E-state index contributed by atoms with van der Waals surface area (Å²) < 4.78 is 38.4. The smallest absolute Gasteiger partial charge is 0.262 e. The van der Waals surface area contributed by atoms with Crippen molar-refractivity contribution in [2.24, 2.45) is 5.73 Å². The fourth-order valence-corrected chi connectivity index (χ4v) is 3.89. The van der Waals surface area contributed by atoms with Gasteiger partial charge in [0.05, 0.1) is 23.4 Å². The van der Waals surface area contributed by atoms with Crippen LogP contribution in [0.2, 0.25) is 0 Å². The molecule has 172 valence electrons. The number of carbonyl (C=O) groups excluding carboxylic acids is 2. The first-order chi connectivity index (χ1) is 15.7. The summed E-state index contributed by atoms with van der Waals surface area (Å²) in [6.45, 7) is -0.356. The third kappa shape index (κ3) is 5.92. The lowest BCUT2D eigenvalue weighted by molar-refractivity contribution is -0.119. The maximum absolute atomic E-state index is 12.8. The van der Waals surface area contributed by atoms with E-state index in [-0.39, 0.29) is 39.9 Å². The number of primary amides is 1. The highest BCUT2D eigenvalue weighted by atomic mass is 32.2. The van der Waals surface area contributed by atoms with Gasteiger partial charge in [0.15, 0.2) is 6.61 Å². The van der Waals surface area contributed by atoms with Crippen molar-refractivity contribution in [3.63, 3.8) is 0 Å². The Kier molecular flexibility index (Phi) is 7.04. The van der Waals surface area contributed by atoms with Crippen molar-refractivity contribution in [1.29, 1.82) is 0 Å². The molecular formula is C22H21N3O7S. The maximum Gasteiger partial charge on any atom is 0.262 e. The average Bonchev–Trinajstić information content (AvgIpc) is 2.79. The molecule has 0 aromatic heterocycles. The summed E-state index contributed by atoms with van der Waals surface area (Å²) in [5.74, 6) is -1.08. The SMILES string of the molecule is COc1ccccc1NS(=O)(=O)c1ccc(O)c(NC(=O)c2cccc(OCC(N)=O)c2)c1. The lowest BCUT2D eigenvalue weighted by Crippen LogP contribution is -2.20. The molecule has 11 heteroatoms. The van der Waals surface area contributed by atoms with Crippen molar-refractivity contribution >= 4 is 33.2 Å². The number of ether oxygens (including phenoxy) is 2. The highest BCUT2D eigenvalue weighted by molar-refractivity contribution is 7.92. The van der Waals surface area contributed by atoms with Gasteiger partial charge in [-0.15, -0.1) is 0 Å². The molecule has 2 amide bonds. The fraction of sp³-hybridized carbons (Fsp3) is 0.0909. The molecule has 0 bridgehead atoms. The number of aromatic hydroxyl groups is 1. The molecule has 0 spiro atoms. The largest absolute Gasteiger partial charge is 0.506 e. The van der Waals surface area contributed by atoms with Gasteiger partial charge in [0.2, 0.25) is 0 Å². The van der Waals surface area contributed by atoms with E-state index in [1.165, 1.54) is 43.5 Å². The van der Waals surface area contributed by atoms with Gasteiger partial charge in [0.25, 0.3) is 21.8 Å². The van der Waals surface area contributed by atoms with Crippen molar-refractivity contribution in [3.05, 3.63) is 72.3 Å². The van der Waals surface area contributed by atoms with Crippen LogP contribution in [0.3, 0.4) is 0 Å². The Morgan fingerprint density at radius 3 is 2.48 bits per heavy atom. The van der Waals surface area contributed by atoms with E-state index in [1.807, 2.05) is 0 Å². The number of carbonyl (C=O) groups is 2. The van der Waals surface area contributed by atoms with Crippen molar-refractivity contribution in [1.82, 2.24) is 0 Å². The topological polar surface area (TPSA) is 157 Å². The average molecular weight is 471 g/mol. The van der Waals surface area contributed by atoms with E-state index in [2.05, 4.69) is 10.0 Å². The molecule has 0 aliphatic rings. The molecule has 0 atom stereocenters. The molecule has 0 fully saturated rings. The van der Waals surface area contributed by atoms with Gasteiger partial charge in [-0.3, -0.25) is 14.3 Å². The van der Waals surface area contributed by atoms with E-state index in [4.69, 9.17) is 15.2 Å². The first-order valence-electron chi connectivity index (χ1n) is 9.51. The first kappa shape index (κ1) is 23.4. The third-order valence-electron chi connectivity index (χ3n) is 4.36. The van der Waals surface area contributed by atoms with Crippen LogP contribution in [0.15, 0.2) is 71.6 Å². The first-order valence-corrected chi connectivity index (χ1v) is 11.0. The highest BCUT2D eigenvalue weighted by Gasteiger charge is 2.19. The quantitative estimate of drug-likeness (QED) is 0.349. The molecule has 0 radical (unpaired) electrons. The number of nitrogens with one attached hydrogen (secondary N) is 2. The molecule has 0 saturated heterocycles. The summed E-state index contributed by atoms with van der Waals surface area (Å²) in [4.78, 5) is 23.3. The number of sulfonamides is 1. The van der Waals surface area contributed by atoms with Crippen LogP contribution in [0.1, 0.15) is 10.4 Å². The molecular weight excluding hydrogens is 450 g/mol. The van der Waals surface area contributed by atoms with Crippen LogP contribution in [-0.4, -0.2) is 39.1 Å². The molecule has 0 aliphatic carbocycles. The van der Waals surface area contributed by atoms with Crippen LogP contribution in [0.25, 0.3) is 0 Å². The number of phenolic OH excluding ortho intramolecular Hbond substituents is 1. The van der Waals surface area contributed by atoms with E-state index in [1.54, 1.807) is 18.2 Å². The Bertz CT molecular complexity index is 1290. The van der Waals surface area contributed by atoms with Crippen LogP contribution in [0.4, 0.5) is 11.4 Å². The Morgan fingerprint density at radius 1 is 1.00 bits per heavy atom. The molecule has 0 saturated carbocycles. The van der Waals surface area contributed by atoms with Crippen molar-refractivity contribution in [2.45, 2.75) is 4.90 Å². The molecule has 0 heterocycles. The minimum Gasteiger partial charge on any atom is -0.506 e. The molecule has 3 aromatic rings. The van der Waals surface area contributed by atoms with E-state index in [0.717, 1.165) is 12.1 Å². The number of hydrogen-bond acceptors (Lipinski definition) is 7.